The first-order valence-corrected chi connectivity index (χ1v) is 8.99. The second kappa shape index (κ2) is 6.73. The van der Waals surface area contributed by atoms with Crippen LogP contribution in [0.4, 0.5) is 4.39 Å². The second-order valence-electron chi connectivity index (χ2n) is 6.63. The van der Waals surface area contributed by atoms with E-state index in [4.69, 9.17) is 19.9 Å². The molecule has 5 rings (SSSR count). The minimum Gasteiger partial charge on any atom is -0.496 e. The molecule has 0 saturated carbocycles. The summed E-state index contributed by atoms with van der Waals surface area (Å²) in [5.74, 6) is 0.200. The Morgan fingerprint density at radius 2 is 2.03 bits per heavy atom. The zero-order chi connectivity index (χ0) is 20.8. The van der Waals surface area contributed by atoms with E-state index in [9.17, 15) is 9.18 Å². The number of fused-ring (bicyclic) bond motifs is 2. The third-order valence-electron chi connectivity index (χ3n) is 4.85. The number of hydrogen-bond donors (Lipinski definition) is 2. The van der Waals surface area contributed by atoms with Gasteiger partial charge in [-0.25, -0.2) is 4.39 Å². The number of methoxy groups -OCH3 is 1. The third-order valence-corrected chi connectivity index (χ3v) is 4.85. The van der Waals surface area contributed by atoms with Crippen LogP contribution in [-0.4, -0.2) is 28.2 Å². The van der Waals surface area contributed by atoms with Crippen molar-refractivity contribution < 1.29 is 23.4 Å². The lowest BCUT2D eigenvalue weighted by Crippen LogP contribution is -2.10. The Kier molecular flexibility index (Phi) is 4.02. The SMILES string of the molecule is COc1cccc(F)c1-c1cc2c(C3Oc4ccc(C(N)=O)cc4O3)n[nH]c2cn1. The van der Waals surface area contributed by atoms with Crippen LogP contribution in [0.2, 0.25) is 0 Å². The van der Waals surface area contributed by atoms with E-state index < -0.39 is 18.0 Å². The average Bonchev–Trinajstić information content (AvgIpc) is 3.35. The third kappa shape index (κ3) is 2.79. The second-order valence-corrected chi connectivity index (χ2v) is 6.63. The minimum absolute atomic E-state index is 0.247. The number of nitrogens with zero attached hydrogens (tertiary/aromatic N) is 2. The monoisotopic (exact) mass is 406 g/mol. The molecule has 0 fully saturated rings. The molecule has 0 spiro atoms. The summed E-state index contributed by atoms with van der Waals surface area (Å²) >= 11 is 0. The highest BCUT2D eigenvalue weighted by Gasteiger charge is 2.30. The number of rotatable bonds is 4. The van der Waals surface area contributed by atoms with Gasteiger partial charge in [0.15, 0.2) is 17.2 Å². The summed E-state index contributed by atoms with van der Waals surface area (Å²) in [5.41, 5.74) is 7.34. The predicted octanol–water partition coefficient (Wildman–Crippen LogP) is 3.34. The first kappa shape index (κ1) is 17.9. The van der Waals surface area contributed by atoms with Gasteiger partial charge in [-0.1, -0.05) is 6.07 Å². The number of ether oxygens (including phenoxy) is 3. The van der Waals surface area contributed by atoms with Crippen molar-refractivity contribution in [3.8, 4) is 28.5 Å². The van der Waals surface area contributed by atoms with Gasteiger partial charge in [0.25, 0.3) is 6.29 Å². The Labute approximate surface area is 169 Å². The van der Waals surface area contributed by atoms with Crippen LogP contribution in [-0.2, 0) is 0 Å². The lowest BCUT2D eigenvalue weighted by Gasteiger charge is -2.10. The Bertz CT molecular complexity index is 1300. The number of nitrogens with one attached hydrogen (secondary N) is 1. The molecule has 4 aromatic rings. The Hall–Kier alpha value is -4.14. The van der Waals surface area contributed by atoms with Gasteiger partial charge in [0.2, 0.25) is 5.91 Å². The number of carbonyl (C=O) groups excluding carboxylic acids is 1. The maximum Gasteiger partial charge on any atom is 0.287 e. The van der Waals surface area contributed by atoms with Crippen molar-refractivity contribution in [1.82, 2.24) is 15.2 Å². The molecule has 1 aliphatic heterocycles. The van der Waals surface area contributed by atoms with Crippen LogP contribution in [0.1, 0.15) is 22.3 Å². The highest BCUT2D eigenvalue weighted by Crippen LogP contribution is 2.42. The molecule has 3 heterocycles. The van der Waals surface area contributed by atoms with Gasteiger partial charge in [0.05, 0.1) is 30.1 Å². The number of H-pyrrole nitrogens is 1. The van der Waals surface area contributed by atoms with Crippen LogP contribution in [0, 0.1) is 5.82 Å². The van der Waals surface area contributed by atoms with Crippen molar-refractivity contribution >= 4 is 16.8 Å². The topological polar surface area (TPSA) is 112 Å². The van der Waals surface area contributed by atoms with Crippen LogP contribution >= 0.6 is 0 Å². The number of carbonyl (C=O) groups is 1. The van der Waals surface area contributed by atoms with E-state index in [1.165, 1.54) is 19.2 Å². The van der Waals surface area contributed by atoms with Crippen molar-refractivity contribution in [2.45, 2.75) is 6.29 Å². The van der Waals surface area contributed by atoms with E-state index in [0.29, 0.717) is 45.1 Å². The van der Waals surface area contributed by atoms with Gasteiger partial charge >= 0.3 is 0 Å². The maximum absolute atomic E-state index is 14.5. The summed E-state index contributed by atoms with van der Waals surface area (Å²) < 4.78 is 31.5. The van der Waals surface area contributed by atoms with Crippen molar-refractivity contribution in [2.75, 3.05) is 7.11 Å². The molecule has 0 radical (unpaired) electrons. The van der Waals surface area contributed by atoms with Crippen molar-refractivity contribution in [3.05, 3.63) is 65.7 Å². The summed E-state index contributed by atoms with van der Waals surface area (Å²) in [4.78, 5) is 15.7. The molecule has 1 atom stereocenters. The van der Waals surface area contributed by atoms with E-state index in [1.807, 2.05) is 0 Å². The zero-order valence-corrected chi connectivity index (χ0v) is 15.7. The van der Waals surface area contributed by atoms with Crippen molar-refractivity contribution in [2.24, 2.45) is 5.73 Å². The lowest BCUT2D eigenvalue weighted by molar-refractivity contribution is 0.0459. The van der Waals surface area contributed by atoms with E-state index in [2.05, 4.69) is 15.2 Å². The number of amides is 1. The summed E-state index contributed by atoms with van der Waals surface area (Å²) in [6.07, 6.45) is 0.704. The lowest BCUT2D eigenvalue weighted by atomic mass is 10.1. The van der Waals surface area contributed by atoms with Gasteiger partial charge < -0.3 is 19.9 Å². The van der Waals surface area contributed by atoms with Crippen LogP contribution < -0.4 is 19.9 Å². The molecular weight excluding hydrogens is 391 g/mol. The van der Waals surface area contributed by atoms with Crippen molar-refractivity contribution in [1.29, 1.82) is 0 Å². The number of hydrogen-bond acceptors (Lipinski definition) is 6. The number of aromatic amines is 1. The number of benzene rings is 2. The standard InChI is InChI=1S/C21H15FN4O4/c1-28-16-4-2-3-12(22)18(16)13-8-11-14(9-24-13)25-26-19(11)21-29-15-6-5-10(20(23)27)7-17(15)30-21/h2-9,21H,1H3,(H2,23,27)(H,25,26). The molecule has 1 amide bonds. The zero-order valence-electron chi connectivity index (χ0n) is 15.7. The molecule has 150 valence electrons. The highest BCUT2D eigenvalue weighted by atomic mass is 19.1. The van der Waals surface area contributed by atoms with Crippen molar-refractivity contribution in [3.63, 3.8) is 0 Å². The van der Waals surface area contributed by atoms with Crippen LogP contribution in [0.25, 0.3) is 22.2 Å². The molecule has 2 aromatic carbocycles. The molecule has 1 unspecified atom stereocenters. The highest BCUT2D eigenvalue weighted by molar-refractivity contribution is 5.93. The molecule has 0 aliphatic carbocycles. The summed E-state index contributed by atoms with van der Waals surface area (Å²) in [5, 5.41) is 7.81. The summed E-state index contributed by atoms with van der Waals surface area (Å²) in [6.45, 7) is 0. The van der Waals surface area contributed by atoms with Gasteiger partial charge in [-0.05, 0) is 36.4 Å². The smallest absolute Gasteiger partial charge is 0.287 e. The van der Waals surface area contributed by atoms with E-state index in [-0.39, 0.29) is 5.56 Å². The number of primary amides is 1. The number of aromatic nitrogens is 3. The molecular formula is C21H15FN4O4. The molecule has 2 aromatic heterocycles. The summed E-state index contributed by atoms with van der Waals surface area (Å²) in [7, 11) is 1.47. The molecule has 3 N–H and O–H groups in total. The van der Waals surface area contributed by atoms with Crippen LogP contribution in [0.3, 0.4) is 0 Å². The molecule has 0 saturated heterocycles. The summed E-state index contributed by atoms with van der Waals surface area (Å²) in [6, 6.07) is 11.0. The van der Waals surface area contributed by atoms with Gasteiger partial charge in [-0.3, -0.25) is 14.9 Å². The van der Waals surface area contributed by atoms with Gasteiger partial charge in [0, 0.05) is 10.9 Å². The molecule has 30 heavy (non-hydrogen) atoms. The first-order valence-electron chi connectivity index (χ1n) is 8.99. The predicted molar refractivity (Wildman–Crippen MR) is 105 cm³/mol. The fourth-order valence-corrected chi connectivity index (χ4v) is 3.39. The largest absolute Gasteiger partial charge is 0.496 e. The van der Waals surface area contributed by atoms with E-state index in [0.717, 1.165) is 0 Å². The Morgan fingerprint density at radius 1 is 1.20 bits per heavy atom. The Balaban J connectivity index is 1.56. The molecule has 1 aliphatic rings. The fraction of sp³-hybridized carbons (Fsp3) is 0.0952. The Morgan fingerprint density at radius 3 is 2.83 bits per heavy atom. The maximum atomic E-state index is 14.5. The van der Waals surface area contributed by atoms with Crippen LogP contribution in [0.5, 0.6) is 17.2 Å². The fourth-order valence-electron chi connectivity index (χ4n) is 3.39. The number of halogens is 1. The number of pyridine rings is 1. The van der Waals surface area contributed by atoms with E-state index >= 15 is 0 Å². The molecule has 9 heteroatoms. The van der Waals surface area contributed by atoms with E-state index in [1.54, 1.807) is 36.5 Å². The quantitative estimate of drug-likeness (QED) is 0.538. The van der Waals surface area contributed by atoms with Gasteiger partial charge in [-0.2, -0.15) is 5.10 Å². The van der Waals surface area contributed by atoms with Crippen LogP contribution in [0.15, 0.2) is 48.7 Å². The van der Waals surface area contributed by atoms with Gasteiger partial charge in [0.1, 0.15) is 11.6 Å². The van der Waals surface area contributed by atoms with Gasteiger partial charge in [-0.15, -0.1) is 0 Å². The number of nitrogens with two attached hydrogens (primary N) is 1. The first-order chi connectivity index (χ1) is 14.5. The normalized spacial score (nSPS) is 14.8. The minimum atomic E-state index is -0.852. The molecule has 0 bridgehead atoms. The molecule has 8 nitrogen and oxygen atoms in total. The average molecular weight is 406 g/mol.